The molecule has 0 aromatic heterocycles. The quantitative estimate of drug-likeness (QED) is 0.661. The van der Waals surface area contributed by atoms with Crippen molar-refractivity contribution in [1.29, 1.82) is 0 Å². The maximum absolute atomic E-state index is 12.8. The number of nitrogens with one attached hydrogen (secondary N) is 2. The molecule has 0 spiro atoms. The molecule has 1 atom stereocenters. The maximum Gasteiger partial charge on any atom is 0.253 e. The molecule has 142 valence electrons. The van der Waals surface area contributed by atoms with Crippen molar-refractivity contribution >= 4 is 17.5 Å². The van der Waals surface area contributed by atoms with Crippen LogP contribution < -0.4 is 10.6 Å². The number of carbonyl (C=O) groups is 2. The number of benzene rings is 3. The molecule has 0 aliphatic carbocycles. The number of aryl methyl sites for hydroxylation is 1. The molecule has 0 saturated carbocycles. The maximum atomic E-state index is 12.8. The van der Waals surface area contributed by atoms with Gasteiger partial charge in [-0.05, 0) is 37.1 Å². The van der Waals surface area contributed by atoms with Crippen molar-refractivity contribution in [3.63, 3.8) is 0 Å². The summed E-state index contributed by atoms with van der Waals surface area (Å²) in [6.45, 7) is 3.95. The van der Waals surface area contributed by atoms with E-state index >= 15 is 0 Å². The summed E-state index contributed by atoms with van der Waals surface area (Å²) in [4.78, 5) is 25.2. The second-order valence-corrected chi connectivity index (χ2v) is 6.86. The van der Waals surface area contributed by atoms with Crippen LogP contribution in [0.3, 0.4) is 0 Å². The number of rotatable bonds is 6. The number of para-hydroxylation sites is 1. The van der Waals surface area contributed by atoms with E-state index in [-0.39, 0.29) is 24.3 Å². The molecule has 0 bridgehead atoms. The molecule has 3 rings (SSSR count). The summed E-state index contributed by atoms with van der Waals surface area (Å²) < 4.78 is 0. The average Bonchev–Trinajstić information content (AvgIpc) is 2.70. The summed E-state index contributed by atoms with van der Waals surface area (Å²) in [5.74, 6) is -0.372. The number of anilines is 1. The SMILES string of the molecule is Cc1ccc(CC(=O)Nc2ccccc2C(=O)NC(C)c2ccccc2)cc1. The lowest BCUT2D eigenvalue weighted by Crippen LogP contribution is -2.28. The molecular formula is C24H24N2O2. The van der Waals surface area contributed by atoms with E-state index in [1.807, 2.05) is 68.4 Å². The Morgan fingerprint density at radius 3 is 2.21 bits per heavy atom. The van der Waals surface area contributed by atoms with Crippen molar-refractivity contribution in [2.75, 3.05) is 5.32 Å². The highest BCUT2D eigenvalue weighted by atomic mass is 16.2. The molecule has 0 fully saturated rings. The van der Waals surface area contributed by atoms with E-state index in [0.29, 0.717) is 11.3 Å². The standard InChI is InChI=1S/C24H24N2O2/c1-17-12-14-19(15-13-17)16-23(27)26-22-11-7-6-10-21(22)24(28)25-18(2)20-8-4-3-5-9-20/h3-15,18H,16H2,1-2H3,(H,25,28)(H,26,27). The van der Waals surface area contributed by atoms with Gasteiger partial charge in [-0.2, -0.15) is 0 Å². The van der Waals surface area contributed by atoms with Gasteiger partial charge in [0.05, 0.1) is 23.7 Å². The Hall–Kier alpha value is -3.40. The van der Waals surface area contributed by atoms with Crippen LogP contribution in [0.25, 0.3) is 0 Å². The molecule has 1 unspecified atom stereocenters. The third-order valence-corrected chi connectivity index (χ3v) is 4.58. The minimum Gasteiger partial charge on any atom is -0.345 e. The first-order valence-electron chi connectivity index (χ1n) is 9.33. The number of amides is 2. The van der Waals surface area contributed by atoms with Gasteiger partial charge in [0.15, 0.2) is 0 Å². The summed E-state index contributed by atoms with van der Waals surface area (Å²) in [6.07, 6.45) is 0.261. The summed E-state index contributed by atoms with van der Waals surface area (Å²) in [5, 5.41) is 5.86. The molecule has 28 heavy (non-hydrogen) atoms. The van der Waals surface area contributed by atoms with E-state index in [2.05, 4.69) is 10.6 Å². The second kappa shape index (κ2) is 9.00. The molecule has 3 aromatic carbocycles. The average molecular weight is 372 g/mol. The fourth-order valence-electron chi connectivity index (χ4n) is 2.98. The van der Waals surface area contributed by atoms with Crippen molar-refractivity contribution in [2.45, 2.75) is 26.3 Å². The van der Waals surface area contributed by atoms with Gasteiger partial charge in [0.1, 0.15) is 0 Å². The highest BCUT2D eigenvalue weighted by Gasteiger charge is 2.16. The van der Waals surface area contributed by atoms with Gasteiger partial charge >= 0.3 is 0 Å². The lowest BCUT2D eigenvalue weighted by molar-refractivity contribution is -0.115. The zero-order chi connectivity index (χ0) is 19.9. The van der Waals surface area contributed by atoms with E-state index in [0.717, 1.165) is 16.7 Å². The Morgan fingerprint density at radius 1 is 0.857 bits per heavy atom. The van der Waals surface area contributed by atoms with Gasteiger partial charge in [0.2, 0.25) is 5.91 Å². The molecule has 0 aliphatic rings. The van der Waals surface area contributed by atoms with Gasteiger partial charge in [-0.15, -0.1) is 0 Å². The lowest BCUT2D eigenvalue weighted by atomic mass is 10.1. The molecule has 0 aliphatic heterocycles. The van der Waals surface area contributed by atoms with Gasteiger partial charge in [-0.1, -0.05) is 72.3 Å². The topological polar surface area (TPSA) is 58.2 Å². The van der Waals surface area contributed by atoms with Crippen LogP contribution in [-0.2, 0) is 11.2 Å². The van der Waals surface area contributed by atoms with Crippen molar-refractivity contribution in [1.82, 2.24) is 5.32 Å². The van der Waals surface area contributed by atoms with Crippen LogP contribution in [0.5, 0.6) is 0 Å². The Kier molecular flexibility index (Phi) is 6.22. The van der Waals surface area contributed by atoms with Gasteiger partial charge in [-0.3, -0.25) is 9.59 Å². The molecule has 0 saturated heterocycles. The first kappa shape index (κ1) is 19.4. The molecule has 0 heterocycles. The molecule has 2 amide bonds. The van der Waals surface area contributed by atoms with Crippen molar-refractivity contribution < 1.29 is 9.59 Å². The lowest BCUT2D eigenvalue weighted by Gasteiger charge is -2.16. The van der Waals surface area contributed by atoms with Crippen LogP contribution in [0.4, 0.5) is 5.69 Å². The van der Waals surface area contributed by atoms with E-state index in [1.54, 1.807) is 24.3 Å². The molecule has 3 aromatic rings. The Bertz CT molecular complexity index is 950. The number of hydrogen-bond acceptors (Lipinski definition) is 2. The van der Waals surface area contributed by atoms with E-state index < -0.39 is 0 Å². The second-order valence-electron chi connectivity index (χ2n) is 6.86. The van der Waals surface area contributed by atoms with E-state index in [1.165, 1.54) is 0 Å². The fraction of sp³-hybridized carbons (Fsp3) is 0.167. The molecule has 2 N–H and O–H groups in total. The Balaban J connectivity index is 1.69. The van der Waals surface area contributed by atoms with Crippen molar-refractivity contribution in [2.24, 2.45) is 0 Å². The van der Waals surface area contributed by atoms with Crippen LogP contribution in [-0.4, -0.2) is 11.8 Å². The summed E-state index contributed by atoms with van der Waals surface area (Å²) in [7, 11) is 0. The zero-order valence-electron chi connectivity index (χ0n) is 16.1. The minimum atomic E-state index is -0.220. The largest absolute Gasteiger partial charge is 0.345 e. The van der Waals surface area contributed by atoms with Crippen LogP contribution in [0.15, 0.2) is 78.9 Å². The van der Waals surface area contributed by atoms with Crippen LogP contribution in [0, 0.1) is 6.92 Å². The van der Waals surface area contributed by atoms with Crippen LogP contribution in [0.2, 0.25) is 0 Å². The van der Waals surface area contributed by atoms with Gasteiger partial charge in [0.25, 0.3) is 5.91 Å². The molecular weight excluding hydrogens is 348 g/mol. The predicted molar refractivity (Wildman–Crippen MR) is 112 cm³/mol. The van der Waals surface area contributed by atoms with E-state index in [9.17, 15) is 9.59 Å². The monoisotopic (exact) mass is 372 g/mol. The normalized spacial score (nSPS) is 11.5. The molecule has 0 radical (unpaired) electrons. The summed E-state index contributed by atoms with van der Waals surface area (Å²) in [6, 6.07) is 24.5. The van der Waals surface area contributed by atoms with Gasteiger partial charge in [-0.25, -0.2) is 0 Å². The highest BCUT2D eigenvalue weighted by molar-refractivity contribution is 6.04. The molecule has 4 nitrogen and oxygen atoms in total. The van der Waals surface area contributed by atoms with Crippen LogP contribution >= 0.6 is 0 Å². The minimum absolute atomic E-state index is 0.134. The Morgan fingerprint density at radius 2 is 1.50 bits per heavy atom. The predicted octanol–water partition coefficient (Wildman–Crippen LogP) is 4.67. The van der Waals surface area contributed by atoms with Crippen molar-refractivity contribution in [3.05, 3.63) is 101 Å². The van der Waals surface area contributed by atoms with Crippen molar-refractivity contribution in [3.8, 4) is 0 Å². The third kappa shape index (κ3) is 5.07. The molecule has 4 heteroatoms. The highest BCUT2D eigenvalue weighted by Crippen LogP contribution is 2.18. The summed E-state index contributed by atoms with van der Waals surface area (Å²) >= 11 is 0. The third-order valence-electron chi connectivity index (χ3n) is 4.58. The zero-order valence-corrected chi connectivity index (χ0v) is 16.1. The van der Waals surface area contributed by atoms with Gasteiger partial charge < -0.3 is 10.6 Å². The number of carbonyl (C=O) groups excluding carboxylic acids is 2. The smallest absolute Gasteiger partial charge is 0.253 e. The summed E-state index contributed by atoms with van der Waals surface area (Å²) in [5.41, 5.74) is 4.07. The first-order chi connectivity index (χ1) is 13.5. The van der Waals surface area contributed by atoms with Crippen LogP contribution in [0.1, 0.15) is 40.0 Å². The fourth-order valence-corrected chi connectivity index (χ4v) is 2.98. The number of hydrogen-bond donors (Lipinski definition) is 2. The van der Waals surface area contributed by atoms with Gasteiger partial charge in [0, 0.05) is 0 Å². The first-order valence-corrected chi connectivity index (χ1v) is 9.33. The Labute approximate surface area is 165 Å². The van der Waals surface area contributed by atoms with E-state index in [4.69, 9.17) is 0 Å².